The largest absolute Gasteiger partial charge is 0.459 e. The van der Waals surface area contributed by atoms with Crippen LogP contribution in [0.15, 0.2) is 47.7 Å². The van der Waals surface area contributed by atoms with Crippen LogP contribution in [0, 0.1) is 23.2 Å². The normalized spacial score (nSPS) is 23.2. The van der Waals surface area contributed by atoms with Gasteiger partial charge in [0.25, 0.3) is 0 Å². The number of hydrogen-bond donors (Lipinski definition) is 3. The van der Waals surface area contributed by atoms with Crippen LogP contribution in [0.5, 0.6) is 11.5 Å². The second-order valence-electron chi connectivity index (χ2n) is 19.0. The second kappa shape index (κ2) is 27.0. The fourth-order valence-electron chi connectivity index (χ4n) is 9.78. The number of fused-ring (bicyclic) bond motifs is 2. The van der Waals surface area contributed by atoms with Gasteiger partial charge in [0, 0.05) is 44.2 Å². The summed E-state index contributed by atoms with van der Waals surface area (Å²) in [7, 11) is 0. The molecule has 12 heteroatoms. The van der Waals surface area contributed by atoms with Crippen LogP contribution in [-0.2, 0) is 14.3 Å². The van der Waals surface area contributed by atoms with E-state index in [1.807, 2.05) is 46.8 Å². The minimum Gasteiger partial charge on any atom is -0.459 e. The Kier molecular flexibility index (Phi) is 22.3. The maximum atomic E-state index is 14.3. The van der Waals surface area contributed by atoms with E-state index in [0.717, 1.165) is 55.4 Å². The Morgan fingerprint density at radius 2 is 1.62 bits per heavy atom. The number of rotatable bonds is 29. The lowest BCUT2D eigenvalue weighted by Crippen LogP contribution is -2.70. The van der Waals surface area contributed by atoms with Crippen molar-refractivity contribution < 1.29 is 43.6 Å². The Labute approximate surface area is 379 Å². The molecule has 2 aliphatic carbocycles. The quantitative estimate of drug-likeness (QED) is 0.0406. The predicted octanol–water partition coefficient (Wildman–Crippen LogP) is 11.2. The third-order valence-corrected chi connectivity index (χ3v) is 12.7. The highest BCUT2D eigenvalue weighted by Crippen LogP contribution is 2.62. The lowest BCUT2D eigenvalue weighted by atomic mass is 9.55. The van der Waals surface area contributed by atoms with Crippen LogP contribution in [0.25, 0.3) is 0 Å². The van der Waals surface area contributed by atoms with Crippen LogP contribution in [0.2, 0.25) is 0 Å². The van der Waals surface area contributed by atoms with E-state index in [0.29, 0.717) is 56.9 Å². The number of carbonyl (C=O) groups excluding carboxylic acids is 2. The summed E-state index contributed by atoms with van der Waals surface area (Å²) in [5.74, 6) is -0.971. The van der Waals surface area contributed by atoms with Crippen molar-refractivity contribution in [1.29, 1.82) is 0 Å². The van der Waals surface area contributed by atoms with Gasteiger partial charge in [-0.2, -0.15) is 0 Å². The number of oxime groups is 1. The Morgan fingerprint density at radius 3 is 2.25 bits per heavy atom. The molecule has 0 aromatic heterocycles. The third kappa shape index (κ3) is 15.0. The molecule has 63 heavy (non-hydrogen) atoms. The van der Waals surface area contributed by atoms with Crippen molar-refractivity contribution in [3.05, 3.63) is 48.1 Å². The molecule has 2 amide bonds. The number of aliphatic hydroxyl groups excluding tert-OH is 2. The summed E-state index contributed by atoms with van der Waals surface area (Å²) in [5.41, 5.74) is 2.32. The topological polar surface area (TPSA) is 148 Å². The van der Waals surface area contributed by atoms with Crippen LogP contribution >= 0.6 is 0 Å². The second-order valence-corrected chi connectivity index (χ2v) is 19.0. The minimum atomic E-state index is -1.39. The number of aliphatic hydroxyl groups is 2. The smallest absolute Gasteiger partial charge is 0.412 e. The van der Waals surface area contributed by atoms with Crippen molar-refractivity contribution in [2.75, 3.05) is 46.1 Å². The SMILES string of the molecule is C=CCO[C@@]12Oc3ccc(OC(=O)NCCCCCCCCCCCC)cc3[C@H]3[C@H](CCCCO)[C@@H](CCCCO)C=C(C(=NOCC)C[C@@H]1N(CCC)C(=O)OCC(C)(C)C)[C@H]32. The van der Waals surface area contributed by atoms with E-state index >= 15 is 0 Å². The molecule has 1 saturated carbocycles. The molecule has 0 spiro atoms. The van der Waals surface area contributed by atoms with Crippen LogP contribution in [-0.4, -0.2) is 91.0 Å². The summed E-state index contributed by atoms with van der Waals surface area (Å²) in [6.45, 7) is 18.2. The van der Waals surface area contributed by atoms with Crippen LogP contribution in [0.1, 0.15) is 169 Å². The zero-order valence-corrected chi connectivity index (χ0v) is 39.8. The molecule has 12 nitrogen and oxygen atoms in total. The molecule has 1 aromatic carbocycles. The van der Waals surface area contributed by atoms with E-state index in [4.69, 9.17) is 28.9 Å². The third-order valence-electron chi connectivity index (χ3n) is 12.7. The van der Waals surface area contributed by atoms with E-state index in [1.165, 1.54) is 51.4 Å². The number of ether oxygens (including phenoxy) is 4. The lowest BCUT2D eigenvalue weighted by molar-refractivity contribution is -0.255. The molecule has 0 saturated heterocycles. The Balaban J connectivity index is 1.77. The summed E-state index contributed by atoms with van der Waals surface area (Å²) in [4.78, 5) is 35.2. The van der Waals surface area contributed by atoms with E-state index in [2.05, 4.69) is 24.9 Å². The van der Waals surface area contributed by atoms with Gasteiger partial charge in [0.05, 0.1) is 24.8 Å². The summed E-state index contributed by atoms with van der Waals surface area (Å²) in [6.07, 6.45) is 20.8. The monoisotopic (exact) mass is 882 g/mol. The first-order chi connectivity index (χ1) is 30.5. The van der Waals surface area contributed by atoms with E-state index in [9.17, 15) is 19.8 Å². The van der Waals surface area contributed by atoms with Crippen molar-refractivity contribution in [3.63, 3.8) is 0 Å². The first-order valence-electron chi connectivity index (χ1n) is 24.6. The van der Waals surface area contributed by atoms with Gasteiger partial charge in [-0.25, -0.2) is 9.59 Å². The average Bonchev–Trinajstić information content (AvgIpc) is 3.26. The van der Waals surface area contributed by atoms with E-state index < -0.39 is 29.9 Å². The molecule has 1 heterocycles. The van der Waals surface area contributed by atoms with Gasteiger partial charge in [0.1, 0.15) is 24.1 Å². The number of carbonyl (C=O) groups is 2. The van der Waals surface area contributed by atoms with Crippen molar-refractivity contribution in [2.45, 2.75) is 175 Å². The first-order valence-corrected chi connectivity index (χ1v) is 24.6. The molecule has 1 aromatic rings. The van der Waals surface area contributed by atoms with E-state index in [-0.39, 0.29) is 49.6 Å². The summed E-state index contributed by atoms with van der Waals surface area (Å²) < 4.78 is 26.3. The van der Waals surface area contributed by atoms with Crippen molar-refractivity contribution >= 4 is 17.9 Å². The van der Waals surface area contributed by atoms with Crippen molar-refractivity contribution in [3.8, 4) is 11.5 Å². The number of benzene rings is 1. The zero-order valence-electron chi connectivity index (χ0n) is 39.8. The molecule has 1 aliphatic heterocycles. The molecule has 1 fully saturated rings. The first kappa shape index (κ1) is 52.0. The lowest BCUT2D eigenvalue weighted by Gasteiger charge is -2.60. The molecule has 4 rings (SSSR count). The van der Waals surface area contributed by atoms with Crippen LogP contribution in [0.4, 0.5) is 9.59 Å². The number of nitrogens with one attached hydrogen (secondary N) is 1. The Hall–Kier alpha value is -3.61. The Morgan fingerprint density at radius 1 is 0.937 bits per heavy atom. The highest BCUT2D eigenvalue weighted by atomic mass is 16.7. The molecule has 0 bridgehead atoms. The molecular weight excluding hydrogens is 799 g/mol. The van der Waals surface area contributed by atoms with Gasteiger partial charge in [-0.15, -0.1) is 6.58 Å². The predicted molar refractivity (Wildman–Crippen MR) is 250 cm³/mol. The van der Waals surface area contributed by atoms with Crippen LogP contribution < -0.4 is 14.8 Å². The maximum Gasteiger partial charge on any atom is 0.412 e. The molecule has 0 radical (unpaired) electrons. The fraction of sp³-hybridized carbons (Fsp3) is 0.745. The number of amides is 2. The van der Waals surface area contributed by atoms with Crippen molar-refractivity contribution in [1.82, 2.24) is 10.2 Å². The maximum absolute atomic E-state index is 14.3. The summed E-state index contributed by atoms with van der Waals surface area (Å²) >= 11 is 0. The van der Waals surface area contributed by atoms with Crippen LogP contribution in [0.3, 0.4) is 0 Å². The van der Waals surface area contributed by atoms with Crippen molar-refractivity contribution in [2.24, 2.45) is 28.3 Å². The van der Waals surface area contributed by atoms with Gasteiger partial charge >= 0.3 is 12.2 Å². The van der Waals surface area contributed by atoms with Gasteiger partial charge in [-0.3, -0.25) is 4.90 Å². The molecule has 3 N–H and O–H groups in total. The zero-order chi connectivity index (χ0) is 45.7. The summed E-state index contributed by atoms with van der Waals surface area (Å²) in [6, 6.07) is 4.90. The molecule has 6 atom stereocenters. The number of unbranched alkanes of at least 4 members (excludes halogenated alkanes) is 11. The molecule has 356 valence electrons. The van der Waals surface area contributed by atoms with Gasteiger partial charge in [0.2, 0.25) is 5.79 Å². The highest BCUT2D eigenvalue weighted by molar-refractivity contribution is 6.03. The minimum absolute atomic E-state index is 0.0401. The summed E-state index contributed by atoms with van der Waals surface area (Å²) in [5, 5.41) is 27.5. The average molecular weight is 882 g/mol. The van der Waals surface area contributed by atoms with Gasteiger partial charge in [-0.05, 0) is 86.5 Å². The number of hydrogen-bond acceptors (Lipinski definition) is 10. The van der Waals surface area contributed by atoms with Gasteiger partial charge in [0.15, 0.2) is 0 Å². The molecular formula is C51H83N3O9. The van der Waals surface area contributed by atoms with Gasteiger partial charge in [-0.1, -0.05) is 123 Å². The van der Waals surface area contributed by atoms with E-state index in [1.54, 1.807) is 17.0 Å². The fourth-order valence-corrected chi connectivity index (χ4v) is 9.78. The van der Waals surface area contributed by atoms with Gasteiger partial charge < -0.3 is 39.3 Å². The number of nitrogens with zero attached hydrogens (tertiary/aromatic N) is 2. The number of allylic oxidation sites excluding steroid dienone is 1. The molecule has 0 unspecified atom stereocenters. The standard InChI is InChI=1S/C51H83N3O9/c1-8-12-13-14-15-16-17-18-19-22-29-52-48(57)62-39-27-28-44-42(35-39)46-40(26-21-24-32-56)38(25-20-23-31-55)34-41-43(53-61-11-4)36-45(51(63-44,47(41)46)60-33-10-3)54(30-9-2)49(58)59-37-50(5,6)7/h10,27-28,34-35,38,40,45-47,55-56H,3,8-9,11-26,29-33,36-37H2,1-2,4-7H3,(H,52,57)/t38-,40+,45-,46+,47+,51+/m0/s1. The Bertz CT molecular complexity index is 1610. The molecule has 3 aliphatic rings. The highest BCUT2D eigenvalue weighted by Gasteiger charge is 2.65.